The molecule has 0 saturated heterocycles. The van der Waals surface area contributed by atoms with Crippen molar-refractivity contribution in [3.05, 3.63) is 109 Å². The summed E-state index contributed by atoms with van der Waals surface area (Å²) in [6, 6.07) is 33.9. The molecule has 6 heteroatoms. The molecule has 37 heavy (non-hydrogen) atoms. The minimum atomic E-state index is -0.806. The van der Waals surface area contributed by atoms with Crippen LogP contribution in [0.5, 0.6) is 5.88 Å². The van der Waals surface area contributed by atoms with E-state index in [1.807, 2.05) is 48.5 Å². The molecule has 0 radical (unpaired) electrons. The summed E-state index contributed by atoms with van der Waals surface area (Å²) in [5.41, 5.74) is 5.19. The van der Waals surface area contributed by atoms with Crippen molar-refractivity contribution < 1.29 is 14.3 Å². The SMILES string of the molecule is CC(C)(C)OC(=O)Oc1cc(-c2ccccc2-c2cccc(-c3ccccc3)c2)nn1-c1ccccn1. The van der Waals surface area contributed by atoms with E-state index < -0.39 is 11.8 Å². The van der Waals surface area contributed by atoms with E-state index in [0.717, 1.165) is 27.8 Å². The zero-order chi connectivity index (χ0) is 25.8. The Labute approximate surface area is 216 Å². The number of hydrogen-bond acceptors (Lipinski definition) is 5. The van der Waals surface area contributed by atoms with E-state index in [9.17, 15) is 4.79 Å². The molecule has 0 saturated carbocycles. The van der Waals surface area contributed by atoms with Gasteiger partial charge in [0.05, 0.1) is 5.69 Å². The molecule has 0 unspecified atom stereocenters. The fourth-order valence-corrected chi connectivity index (χ4v) is 4.02. The number of pyridine rings is 1. The Balaban J connectivity index is 1.58. The Morgan fingerprint density at radius 1 is 0.730 bits per heavy atom. The number of ether oxygens (including phenoxy) is 2. The summed E-state index contributed by atoms with van der Waals surface area (Å²) in [5, 5.41) is 4.79. The number of aromatic nitrogens is 3. The van der Waals surface area contributed by atoms with Crippen LogP contribution in [0.3, 0.4) is 0 Å². The van der Waals surface area contributed by atoms with Crippen molar-refractivity contribution in [3.8, 4) is 45.2 Å². The Kier molecular flexibility index (Phi) is 6.56. The highest BCUT2D eigenvalue weighted by atomic mass is 16.7. The molecule has 0 bridgehead atoms. The molecule has 6 nitrogen and oxygen atoms in total. The first kappa shape index (κ1) is 24.0. The van der Waals surface area contributed by atoms with Gasteiger partial charge >= 0.3 is 6.16 Å². The van der Waals surface area contributed by atoms with E-state index in [-0.39, 0.29) is 5.88 Å². The number of carbonyl (C=O) groups excluding carboxylic acids is 1. The first-order valence-electron chi connectivity index (χ1n) is 12.0. The molecule has 0 amide bonds. The van der Waals surface area contributed by atoms with E-state index in [1.54, 1.807) is 39.1 Å². The largest absolute Gasteiger partial charge is 0.515 e. The Morgan fingerprint density at radius 3 is 2.14 bits per heavy atom. The number of rotatable bonds is 5. The van der Waals surface area contributed by atoms with Crippen LogP contribution in [-0.2, 0) is 4.74 Å². The highest BCUT2D eigenvalue weighted by Crippen LogP contribution is 2.35. The standard InChI is InChI=1S/C31H27N3O3/c1-31(2,3)37-30(35)36-29-21-27(33-34(29)28-18-9-10-19-32-28)26-17-8-7-16-25(26)24-15-11-14-23(20-24)22-12-5-4-6-13-22/h4-21H,1-3H3. The van der Waals surface area contributed by atoms with Gasteiger partial charge in [0, 0.05) is 17.8 Å². The van der Waals surface area contributed by atoms with Crippen molar-refractivity contribution in [1.29, 1.82) is 0 Å². The lowest BCUT2D eigenvalue weighted by Crippen LogP contribution is -2.26. The lowest BCUT2D eigenvalue weighted by molar-refractivity contribution is 0.0192. The third-order valence-electron chi connectivity index (χ3n) is 5.60. The van der Waals surface area contributed by atoms with E-state index in [0.29, 0.717) is 11.5 Å². The molecule has 0 aliphatic heterocycles. The predicted octanol–water partition coefficient (Wildman–Crippen LogP) is 7.58. The quantitative estimate of drug-likeness (QED) is 0.238. The van der Waals surface area contributed by atoms with Crippen LogP contribution in [0.25, 0.3) is 39.3 Å². The van der Waals surface area contributed by atoms with Crippen LogP contribution >= 0.6 is 0 Å². The van der Waals surface area contributed by atoms with Gasteiger partial charge in [0.1, 0.15) is 5.60 Å². The Bertz CT molecular complexity index is 1520. The van der Waals surface area contributed by atoms with Crippen molar-refractivity contribution in [3.63, 3.8) is 0 Å². The number of nitrogens with zero attached hydrogens (tertiary/aromatic N) is 3. The molecule has 2 heterocycles. The summed E-state index contributed by atoms with van der Waals surface area (Å²) in [7, 11) is 0. The van der Waals surface area contributed by atoms with Gasteiger partial charge in [-0.15, -0.1) is 0 Å². The highest BCUT2D eigenvalue weighted by molar-refractivity contribution is 5.84. The fraction of sp³-hybridized carbons (Fsp3) is 0.129. The van der Waals surface area contributed by atoms with Gasteiger partial charge in [-0.2, -0.15) is 9.78 Å². The van der Waals surface area contributed by atoms with Gasteiger partial charge in [-0.05, 0) is 61.2 Å². The van der Waals surface area contributed by atoms with Gasteiger partial charge in [-0.25, -0.2) is 9.78 Å². The van der Waals surface area contributed by atoms with E-state index in [1.165, 1.54) is 4.68 Å². The maximum Gasteiger partial charge on any atom is 0.515 e. The summed E-state index contributed by atoms with van der Waals surface area (Å²) in [6.07, 6.45) is 0.858. The predicted molar refractivity (Wildman–Crippen MR) is 145 cm³/mol. The third-order valence-corrected chi connectivity index (χ3v) is 5.60. The van der Waals surface area contributed by atoms with Gasteiger partial charge in [-0.3, -0.25) is 0 Å². The summed E-state index contributed by atoms with van der Waals surface area (Å²) < 4.78 is 12.5. The summed E-state index contributed by atoms with van der Waals surface area (Å²) in [5.74, 6) is 0.742. The van der Waals surface area contributed by atoms with Crippen molar-refractivity contribution in [2.45, 2.75) is 26.4 Å². The number of carbonyl (C=O) groups is 1. The second kappa shape index (κ2) is 10.1. The van der Waals surface area contributed by atoms with Gasteiger partial charge in [0.15, 0.2) is 5.82 Å². The normalized spacial score (nSPS) is 11.2. The molecule has 3 aromatic carbocycles. The highest BCUT2D eigenvalue weighted by Gasteiger charge is 2.22. The molecule has 5 aromatic rings. The van der Waals surface area contributed by atoms with Crippen LogP contribution in [0.2, 0.25) is 0 Å². The first-order chi connectivity index (χ1) is 17.9. The van der Waals surface area contributed by atoms with Crippen molar-refractivity contribution in [1.82, 2.24) is 14.8 Å². The summed E-state index contributed by atoms with van der Waals surface area (Å²) >= 11 is 0. The summed E-state index contributed by atoms with van der Waals surface area (Å²) in [6.45, 7) is 5.36. The van der Waals surface area contributed by atoms with Crippen molar-refractivity contribution >= 4 is 6.16 Å². The molecule has 0 aliphatic rings. The zero-order valence-corrected chi connectivity index (χ0v) is 21.0. The molecule has 0 aliphatic carbocycles. The van der Waals surface area contributed by atoms with E-state index >= 15 is 0 Å². The van der Waals surface area contributed by atoms with Gasteiger partial charge in [0.2, 0.25) is 5.88 Å². The van der Waals surface area contributed by atoms with Crippen LogP contribution < -0.4 is 4.74 Å². The second-order valence-corrected chi connectivity index (χ2v) is 9.53. The molecular formula is C31H27N3O3. The third kappa shape index (κ3) is 5.59. The molecule has 5 rings (SSSR count). The van der Waals surface area contributed by atoms with Crippen LogP contribution in [0.1, 0.15) is 20.8 Å². The van der Waals surface area contributed by atoms with Crippen LogP contribution in [0.4, 0.5) is 4.79 Å². The summed E-state index contributed by atoms with van der Waals surface area (Å²) in [4.78, 5) is 16.9. The van der Waals surface area contributed by atoms with Crippen LogP contribution in [0, 0.1) is 0 Å². The molecule has 0 N–H and O–H groups in total. The molecule has 184 valence electrons. The van der Waals surface area contributed by atoms with E-state index in [2.05, 4.69) is 47.4 Å². The molecular weight excluding hydrogens is 462 g/mol. The van der Waals surface area contributed by atoms with Crippen molar-refractivity contribution in [2.24, 2.45) is 0 Å². The van der Waals surface area contributed by atoms with Gasteiger partial charge in [0.25, 0.3) is 0 Å². The molecule has 0 fully saturated rings. The minimum absolute atomic E-state index is 0.218. The fourth-order valence-electron chi connectivity index (χ4n) is 4.02. The molecule has 2 aromatic heterocycles. The second-order valence-electron chi connectivity index (χ2n) is 9.53. The smallest absolute Gasteiger partial charge is 0.428 e. The monoisotopic (exact) mass is 489 g/mol. The number of benzene rings is 3. The minimum Gasteiger partial charge on any atom is -0.428 e. The topological polar surface area (TPSA) is 66.2 Å². The van der Waals surface area contributed by atoms with Crippen LogP contribution in [-0.4, -0.2) is 26.5 Å². The van der Waals surface area contributed by atoms with Gasteiger partial charge < -0.3 is 9.47 Å². The lowest BCUT2D eigenvalue weighted by Gasteiger charge is -2.18. The Morgan fingerprint density at radius 2 is 1.41 bits per heavy atom. The van der Waals surface area contributed by atoms with Gasteiger partial charge in [-0.1, -0.05) is 78.9 Å². The first-order valence-corrected chi connectivity index (χ1v) is 12.0. The average Bonchev–Trinajstić information content (AvgIpc) is 3.32. The number of hydrogen-bond donors (Lipinski definition) is 0. The average molecular weight is 490 g/mol. The Hall–Kier alpha value is -4.71. The molecule has 0 spiro atoms. The van der Waals surface area contributed by atoms with Crippen LogP contribution in [0.15, 0.2) is 109 Å². The van der Waals surface area contributed by atoms with Crippen molar-refractivity contribution in [2.75, 3.05) is 0 Å². The zero-order valence-electron chi connectivity index (χ0n) is 21.0. The lowest BCUT2D eigenvalue weighted by atomic mass is 9.95. The maximum atomic E-state index is 12.5. The molecule has 0 atom stereocenters. The maximum absolute atomic E-state index is 12.5. The van der Waals surface area contributed by atoms with E-state index in [4.69, 9.17) is 14.6 Å².